The number of halogens is 3. The van der Waals surface area contributed by atoms with Gasteiger partial charge < -0.3 is 10.2 Å². The second-order valence-electron chi connectivity index (χ2n) is 5.20. The second kappa shape index (κ2) is 6.79. The molecule has 0 fully saturated rings. The van der Waals surface area contributed by atoms with E-state index in [1.54, 1.807) is 18.3 Å². The molecule has 1 aromatic heterocycles. The Bertz CT molecular complexity index is 597. The van der Waals surface area contributed by atoms with Crippen molar-refractivity contribution in [2.24, 2.45) is 0 Å². The molecule has 3 nitrogen and oxygen atoms in total. The highest BCUT2D eigenvalue weighted by Crippen LogP contribution is 2.31. The van der Waals surface area contributed by atoms with E-state index < -0.39 is 11.7 Å². The molecule has 22 heavy (non-hydrogen) atoms. The van der Waals surface area contributed by atoms with E-state index in [4.69, 9.17) is 0 Å². The van der Waals surface area contributed by atoms with E-state index in [2.05, 4.69) is 10.3 Å². The Hall–Kier alpha value is -2.08. The number of likely N-dealkylation sites (N-methyl/N-ethyl adjacent to an activating group) is 1. The van der Waals surface area contributed by atoms with Crippen molar-refractivity contribution in [3.05, 3.63) is 59.8 Å². The van der Waals surface area contributed by atoms with Crippen LogP contribution in [-0.2, 0) is 6.18 Å². The Morgan fingerprint density at radius 2 is 1.91 bits per heavy atom. The van der Waals surface area contributed by atoms with Crippen molar-refractivity contribution in [3.8, 4) is 0 Å². The van der Waals surface area contributed by atoms with Crippen LogP contribution in [-0.4, -0.2) is 30.5 Å². The van der Waals surface area contributed by atoms with Crippen LogP contribution in [0.2, 0.25) is 0 Å². The van der Waals surface area contributed by atoms with Gasteiger partial charge in [0.2, 0.25) is 0 Å². The number of anilines is 1. The average molecular weight is 309 g/mol. The van der Waals surface area contributed by atoms with Crippen LogP contribution in [0.1, 0.15) is 17.2 Å². The first-order valence-corrected chi connectivity index (χ1v) is 6.86. The lowest BCUT2D eigenvalue weighted by Crippen LogP contribution is -2.27. The van der Waals surface area contributed by atoms with Gasteiger partial charge in [0.1, 0.15) is 5.82 Å². The first-order valence-electron chi connectivity index (χ1n) is 6.86. The molecule has 0 saturated heterocycles. The summed E-state index contributed by atoms with van der Waals surface area (Å²) in [5.74, 6) is 0.696. The van der Waals surface area contributed by atoms with E-state index in [1.165, 1.54) is 12.1 Å². The fourth-order valence-corrected chi connectivity index (χ4v) is 2.19. The van der Waals surface area contributed by atoms with Gasteiger partial charge in [-0.3, -0.25) is 0 Å². The molecule has 2 rings (SSSR count). The molecule has 1 heterocycles. The highest BCUT2D eigenvalue weighted by molar-refractivity contribution is 5.35. The lowest BCUT2D eigenvalue weighted by molar-refractivity contribution is -0.137. The fraction of sp³-hybridized carbons (Fsp3) is 0.312. The predicted octanol–water partition coefficient (Wildman–Crippen LogP) is 3.82. The minimum Gasteiger partial charge on any atom is -0.368 e. The first kappa shape index (κ1) is 16.3. The van der Waals surface area contributed by atoms with Gasteiger partial charge in [0, 0.05) is 12.7 Å². The normalized spacial score (nSPS) is 13.2. The molecule has 0 bridgehead atoms. The number of aromatic nitrogens is 1. The van der Waals surface area contributed by atoms with Crippen molar-refractivity contribution >= 4 is 5.82 Å². The lowest BCUT2D eigenvalue weighted by atomic mass is 10.0. The zero-order valence-electron chi connectivity index (χ0n) is 12.4. The van der Waals surface area contributed by atoms with Crippen molar-refractivity contribution in [2.45, 2.75) is 12.2 Å². The predicted molar refractivity (Wildman–Crippen MR) is 80.6 cm³/mol. The highest BCUT2D eigenvalue weighted by Gasteiger charge is 2.31. The second-order valence-corrected chi connectivity index (χ2v) is 5.20. The zero-order valence-corrected chi connectivity index (χ0v) is 12.4. The molecule has 0 radical (unpaired) electrons. The number of hydrogen-bond donors (Lipinski definition) is 1. The lowest BCUT2D eigenvalue weighted by Gasteiger charge is -2.26. The molecule has 0 amide bonds. The summed E-state index contributed by atoms with van der Waals surface area (Å²) in [6.07, 6.45) is -2.67. The quantitative estimate of drug-likeness (QED) is 0.910. The standard InChI is InChI=1S/C16H18F3N3/c1-22(2)14(11-21-15-8-3-4-9-20-15)12-6-5-7-13(10-12)16(17,18)19/h3-10,14H,11H2,1-2H3,(H,20,21). The summed E-state index contributed by atoms with van der Waals surface area (Å²) in [5.41, 5.74) is -0.0158. The summed E-state index contributed by atoms with van der Waals surface area (Å²) in [5, 5.41) is 3.15. The first-order chi connectivity index (χ1) is 10.4. The molecule has 1 N–H and O–H groups in total. The SMILES string of the molecule is CN(C)C(CNc1ccccn1)c1cccc(C(F)(F)F)c1. The largest absolute Gasteiger partial charge is 0.416 e. The zero-order chi connectivity index (χ0) is 16.2. The minimum atomic E-state index is -4.33. The molecule has 0 aliphatic rings. The number of alkyl halides is 3. The van der Waals surface area contributed by atoms with Crippen LogP contribution in [0.15, 0.2) is 48.7 Å². The van der Waals surface area contributed by atoms with Crippen molar-refractivity contribution in [1.29, 1.82) is 0 Å². The maximum Gasteiger partial charge on any atom is 0.416 e. The van der Waals surface area contributed by atoms with Crippen LogP contribution in [0.5, 0.6) is 0 Å². The van der Waals surface area contributed by atoms with Crippen molar-refractivity contribution in [3.63, 3.8) is 0 Å². The van der Waals surface area contributed by atoms with Gasteiger partial charge in [-0.15, -0.1) is 0 Å². The van der Waals surface area contributed by atoms with Gasteiger partial charge in [0.15, 0.2) is 0 Å². The average Bonchev–Trinajstić information content (AvgIpc) is 2.48. The molecule has 6 heteroatoms. The molecule has 0 aliphatic heterocycles. The minimum absolute atomic E-state index is 0.190. The van der Waals surface area contributed by atoms with Crippen LogP contribution in [0.4, 0.5) is 19.0 Å². The smallest absolute Gasteiger partial charge is 0.368 e. The molecule has 0 aliphatic carbocycles. The summed E-state index contributed by atoms with van der Waals surface area (Å²) in [4.78, 5) is 6.03. The molecule has 1 aromatic carbocycles. The summed E-state index contributed by atoms with van der Waals surface area (Å²) in [6.45, 7) is 0.464. The Labute approximate surface area is 127 Å². The highest BCUT2D eigenvalue weighted by atomic mass is 19.4. The Morgan fingerprint density at radius 3 is 2.50 bits per heavy atom. The monoisotopic (exact) mass is 309 g/mol. The van der Waals surface area contributed by atoms with Gasteiger partial charge >= 0.3 is 6.18 Å². The topological polar surface area (TPSA) is 28.2 Å². The molecular weight excluding hydrogens is 291 g/mol. The van der Waals surface area contributed by atoms with Gasteiger partial charge in [0.05, 0.1) is 11.6 Å². The van der Waals surface area contributed by atoms with Crippen LogP contribution in [0.25, 0.3) is 0 Å². The third-order valence-electron chi connectivity index (χ3n) is 3.36. The molecule has 0 saturated carbocycles. The van der Waals surface area contributed by atoms with E-state index in [9.17, 15) is 13.2 Å². The van der Waals surface area contributed by atoms with Crippen molar-refractivity contribution < 1.29 is 13.2 Å². The maximum absolute atomic E-state index is 12.8. The summed E-state index contributed by atoms with van der Waals surface area (Å²) < 4.78 is 38.5. The number of rotatable bonds is 5. The maximum atomic E-state index is 12.8. The number of nitrogens with one attached hydrogen (secondary N) is 1. The van der Waals surface area contributed by atoms with Gasteiger partial charge in [0.25, 0.3) is 0 Å². The number of hydrogen-bond acceptors (Lipinski definition) is 3. The molecule has 2 aromatic rings. The molecule has 1 unspecified atom stereocenters. The van der Waals surface area contributed by atoms with Crippen molar-refractivity contribution in [2.75, 3.05) is 26.0 Å². The number of benzene rings is 1. The Balaban J connectivity index is 2.18. The van der Waals surface area contributed by atoms with Crippen LogP contribution in [0.3, 0.4) is 0 Å². The van der Waals surface area contributed by atoms with E-state index in [0.717, 1.165) is 6.07 Å². The van der Waals surface area contributed by atoms with Gasteiger partial charge in [-0.1, -0.05) is 18.2 Å². The van der Waals surface area contributed by atoms with Gasteiger partial charge in [-0.25, -0.2) is 4.98 Å². The third-order valence-corrected chi connectivity index (χ3v) is 3.36. The van der Waals surface area contributed by atoms with E-state index >= 15 is 0 Å². The summed E-state index contributed by atoms with van der Waals surface area (Å²) >= 11 is 0. The Morgan fingerprint density at radius 1 is 1.14 bits per heavy atom. The van der Waals surface area contributed by atoms with Crippen LogP contribution in [0, 0.1) is 0 Å². The molecule has 1 atom stereocenters. The molecule has 0 spiro atoms. The molecular formula is C16H18F3N3. The van der Waals surface area contributed by atoms with Gasteiger partial charge in [-0.2, -0.15) is 13.2 Å². The number of nitrogens with zero attached hydrogens (tertiary/aromatic N) is 2. The van der Waals surface area contributed by atoms with E-state index in [-0.39, 0.29) is 6.04 Å². The summed E-state index contributed by atoms with van der Waals surface area (Å²) in [6, 6.07) is 10.7. The van der Waals surface area contributed by atoms with Crippen LogP contribution >= 0.6 is 0 Å². The molecule has 118 valence electrons. The van der Waals surface area contributed by atoms with E-state index in [0.29, 0.717) is 17.9 Å². The van der Waals surface area contributed by atoms with Gasteiger partial charge in [-0.05, 0) is 43.9 Å². The van der Waals surface area contributed by atoms with Crippen LogP contribution < -0.4 is 5.32 Å². The Kier molecular flexibility index (Phi) is 5.03. The van der Waals surface area contributed by atoms with Crippen molar-refractivity contribution in [1.82, 2.24) is 9.88 Å². The third kappa shape index (κ3) is 4.21. The summed E-state index contributed by atoms with van der Waals surface area (Å²) in [7, 11) is 3.68. The number of pyridine rings is 1. The van der Waals surface area contributed by atoms with E-state index in [1.807, 2.05) is 31.1 Å². The fourth-order valence-electron chi connectivity index (χ4n) is 2.19.